The van der Waals surface area contributed by atoms with E-state index in [1.54, 1.807) is 0 Å². The predicted octanol–water partition coefficient (Wildman–Crippen LogP) is 0.657. The smallest absolute Gasteiger partial charge is 0.299 e. The molecule has 74 valence electrons. The van der Waals surface area contributed by atoms with Gasteiger partial charge >= 0.3 is 0 Å². The Kier molecular flexibility index (Phi) is 6.21. The topological polar surface area (TPSA) is 46.6 Å². The second-order valence-corrected chi connectivity index (χ2v) is 4.91. The molecule has 0 rings (SSSR count). The van der Waals surface area contributed by atoms with E-state index in [-0.39, 0.29) is 19.0 Å². The second-order valence-electron chi connectivity index (χ2n) is 2.02. The van der Waals surface area contributed by atoms with Gasteiger partial charge in [-0.2, -0.15) is 12.7 Å². The van der Waals surface area contributed by atoms with Crippen molar-refractivity contribution in [3.63, 3.8) is 0 Å². The van der Waals surface area contributed by atoms with E-state index in [0.717, 1.165) is 4.31 Å². The zero-order valence-corrected chi connectivity index (χ0v) is 8.99. The van der Waals surface area contributed by atoms with E-state index in [1.807, 2.05) is 0 Å². The van der Waals surface area contributed by atoms with Crippen LogP contribution in [-0.2, 0) is 14.0 Å². The van der Waals surface area contributed by atoms with Gasteiger partial charge in [0.1, 0.15) is 0 Å². The molecule has 7 heteroatoms. The standard InChI is InChI=1S/C5H11Cl2NO3S/c1-11-5-4-8(3-2-6)12(7,9)10/h2-5H2,1H3. The molecule has 12 heavy (non-hydrogen) atoms. The van der Waals surface area contributed by atoms with Crippen molar-refractivity contribution in [3.05, 3.63) is 0 Å². The lowest BCUT2D eigenvalue weighted by atomic mass is 10.6. The molecule has 0 spiro atoms. The first kappa shape index (κ1) is 12.4. The Morgan fingerprint density at radius 1 is 1.42 bits per heavy atom. The highest BCUT2D eigenvalue weighted by Crippen LogP contribution is 2.05. The van der Waals surface area contributed by atoms with Crippen LogP contribution < -0.4 is 0 Å². The number of hydrogen-bond acceptors (Lipinski definition) is 3. The van der Waals surface area contributed by atoms with E-state index in [2.05, 4.69) is 0 Å². The quantitative estimate of drug-likeness (QED) is 0.502. The summed E-state index contributed by atoms with van der Waals surface area (Å²) >= 11 is 5.38. The Labute approximate surface area is 81.9 Å². The van der Waals surface area contributed by atoms with Crippen LogP contribution in [0.3, 0.4) is 0 Å². The second kappa shape index (κ2) is 5.99. The lowest BCUT2D eigenvalue weighted by Crippen LogP contribution is -2.32. The predicted molar refractivity (Wildman–Crippen MR) is 48.9 cm³/mol. The van der Waals surface area contributed by atoms with Crippen molar-refractivity contribution in [2.45, 2.75) is 0 Å². The van der Waals surface area contributed by atoms with E-state index in [0.29, 0.717) is 6.61 Å². The van der Waals surface area contributed by atoms with Crippen LogP contribution >= 0.6 is 22.3 Å². The van der Waals surface area contributed by atoms with Crippen molar-refractivity contribution < 1.29 is 13.2 Å². The van der Waals surface area contributed by atoms with Crippen LogP contribution in [0.5, 0.6) is 0 Å². The normalized spacial score (nSPS) is 12.3. The van der Waals surface area contributed by atoms with Gasteiger partial charge in [0.2, 0.25) is 0 Å². The fraction of sp³-hybridized carbons (Fsp3) is 1.00. The molecule has 0 saturated heterocycles. The molecule has 0 fully saturated rings. The maximum absolute atomic E-state index is 10.8. The molecule has 0 aliphatic carbocycles. The summed E-state index contributed by atoms with van der Waals surface area (Å²) in [5, 5.41) is 0. The highest BCUT2D eigenvalue weighted by molar-refractivity contribution is 8.11. The van der Waals surface area contributed by atoms with E-state index in [4.69, 9.17) is 27.0 Å². The van der Waals surface area contributed by atoms with Crippen LogP contribution in [0.4, 0.5) is 0 Å². The first-order chi connectivity index (χ1) is 5.52. The lowest BCUT2D eigenvalue weighted by molar-refractivity contribution is 0.181. The maximum atomic E-state index is 10.8. The molecule has 0 N–H and O–H groups in total. The van der Waals surface area contributed by atoms with Gasteiger partial charge in [0.25, 0.3) is 9.24 Å². The summed E-state index contributed by atoms with van der Waals surface area (Å²) in [6, 6.07) is 0. The van der Waals surface area contributed by atoms with Gasteiger partial charge in [-0.05, 0) is 0 Å². The largest absolute Gasteiger partial charge is 0.383 e. The Balaban J connectivity index is 4.05. The molecule has 0 aromatic carbocycles. The van der Waals surface area contributed by atoms with Gasteiger partial charge in [0.05, 0.1) is 6.61 Å². The average Bonchev–Trinajstić information content (AvgIpc) is 1.95. The molecule has 0 unspecified atom stereocenters. The van der Waals surface area contributed by atoms with Gasteiger partial charge in [-0.3, -0.25) is 0 Å². The number of methoxy groups -OCH3 is 1. The maximum Gasteiger partial charge on any atom is 0.299 e. The molecular weight excluding hydrogens is 225 g/mol. The minimum absolute atomic E-state index is 0.205. The van der Waals surface area contributed by atoms with Crippen molar-refractivity contribution in [3.8, 4) is 0 Å². The lowest BCUT2D eigenvalue weighted by Gasteiger charge is -2.15. The minimum Gasteiger partial charge on any atom is -0.383 e. The van der Waals surface area contributed by atoms with E-state index >= 15 is 0 Å². The number of nitrogens with zero attached hydrogens (tertiary/aromatic N) is 1. The first-order valence-corrected chi connectivity index (χ1v) is 6.07. The minimum atomic E-state index is -3.66. The summed E-state index contributed by atoms with van der Waals surface area (Å²) in [6.07, 6.45) is 0. The molecule has 0 radical (unpaired) electrons. The van der Waals surface area contributed by atoms with Gasteiger partial charge in [-0.25, -0.2) is 0 Å². The SMILES string of the molecule is COCCN(CCCl)S(=O)(=O)Cl. The van der Waals surface area contributed by atoms with Crippen LogP contribution in [0.1, 0.15) is 0 Å². The van der Waals surface area contributed by atoms with Crippen LogP contribution in [0, 0.1) is 0 Å². The molecule has 0 aromatic rings. The molecule has 0 aliphatic heterocycles. The molecular formula is C5H11Cl2NO3S. The Morgan fingerprint density at radius 2 is 2.00 bits per heavy atom. The third-order valence-electron chi connectivity index (χ3n) is 1.19. The number of alkyl halides is 1. The Morgan fingerprint density at radius 3 is 2.33 bits per heavy atom. The molecule has 0 heterocycles. The van der Waals surface area contributed by atoms with Gasteiger partial charge in [0, 0.05) is 36.8 Å². The number of hydrogen-bond donors (Lipinski definition) is 0. The molecule has 0 amide bonds. The highest BCUT2D eigenvalue weighted by atomic mass is 35.7. The van der Waals surface area contributed by atoms with Crippen LogP contribution in [0.25, 0.3) is 0 Å². The van der Waals surface area contributed by atoms with Crippen LogP contribution in [0.15, 0.2) is 0 Å². The molecule has 0 atom stereocenters. The molecule has 4 nitrogen and oxygen atoms in total. The van der Waals surface area contributed by atoms with Crippen LogP contribution in [0.2, 0.25) is 0 Å². The van der Waals surface area contributed by atoms with Gasteiger partial charge in [-0.15, -0.1) is 11.6 Å². The number of rotatable bonds is 6. The Hall–Kier alpha value is 0.450. The summed E-state index contributed by atoms with van der Waals surface area (Å²) in [7, 11) is 2.93. The van der Waals surface area contributed by atoms with Crippen molar-refractivity contribution >= 4 is 31.5 Å². The highest BCUT2D eigenvalue weighted by Gasteiger charge is 2.17. The Bertz CT molecular complexity index is 207. The third-order valence-corrected chi connectivity index (χ3v) is 2.92. The first-order valence-electron chi connectivity index (χ1n) is 3.27. The van der Waals surface area contributed by atoms with Gasteiger partial charge < -0.3 is 4.74 Å². The summed E-state index contributed by atoms with van der Waals surface area (Å²) < 4.78 is 27.4. The van der Waals surface area contributed by atoms with E-state index in [1.165, 1.54) is 7.11 Å². The summed E-state index contributed by atoms with van der Waals surface area (Å²) in [5.41, 5.74) is 0. The zero-order valence-electron chi connectivity index (χ0n) is 6.66. The number of ether oxygens (including phenoxy) is 1. The molecule has 0 bridgehead atoms. The fourth-order valence-corrected chi connectivity index (χ4v) is 1.94. The van der Waals surface area contributed by atoms with Crippen molar-refractivity contribution in [2.75, 3.05) is 32.7 Å². The summed E-state index contributed by atoms with van der Waals surface area (Å²) in [6.45, 7) is 0.745. The third kappa shape index (κ3) is 5.16. The van der Waals surface area contributed by atoms with Gasteiger partial charge in [-0.1, -0.05) is 0 Å². The molecule has 0 aliphatic rings. The monoisotopic (exact) mass is 235 g/mol. The van der Waals surface area contributed by atoms with E-state index in [9.17, 15) is 8.42 Å². The molecule has 0 aromatic heterocycles. The number of halogens is 2. The summed E-state index contributed by atoms with van der Waals surface area (Å²) in [5.74, 6) is 0.218. The van der Waals surface area contributed by atoms with Gasteiger partial charge in [0.15, 0.2) is 0 Å². The fourth-order valence-electron chi connectivity index (χ4n) is 0.617. The van der Waals surface area contributed by atoms with Crippen LogP contribution in [-0.4, -0.2) is 45.4 Å². The average molecular weight is 236 g/mol. The van der Waals surface area contributed by atoms with Crippen molar-refractivity contribution in [2.24, 2.45) is 0 Å². The molecule has 0 saturated carbocycles. The van der Waals surface area contributed by atoms with Crippen molar-refractivity contribution in [1.82, 2.24) is 4.31 Å². The zero-order chi connectivity index (χ0) is 9.61. The van der Waals surface area contributed by atoms with E-state index < -0.39 is 9.24 Å². The van der Waals surface area contributed by atoms with Crippen molar-refractivity contribution in [1.29, 1.82) is 0 Å². The summed E-state index contributed by atoms with van der Waals surface area (Å²) in [4.78, 5) is 0.